The number of hydrogen-bond donors (Lipinski definition) is 1. The lowest BCUT2D eigenvalue weighted by Crippen LogP contribution is -2.47. The van der Waals surface area contributed by atoms with E-state index in [4.69, 9.17) is 4.74 Å². The predicted octanol–water partition coefficient (Wildman–Crippen LogP) is 3.78. The molecular weight excluding hydrogens is 248 g/mol. The molecule has 0 saturated heterocycles. The zero-order valence-electron chi connectivity index (χ0n) is 13.1. The van der Waals surface area contributed by atoms with Crippen LogP contribution in [0.2, 0.25) is 0 Å². The number of hydrogen-bond acceptors (Lipinski definition) is 3. The molecule has 1 aliphatic rings. The van der Waals surface area contributed by atoms with Crippen LogP contribution in [-0.4, -0.2) is 23.7 Å². The van der Waals surface area contributed by atoms with Gasteiger partial charge < -0.3 is 10.1 Å². The Morgan fingerprint density at radius 3 is 2.60 bits per heavy atom. The van der Waals surface area contributed by atoms with Gasteiger partial charge in [0, 0.05) is 19.0 Å². The second-order valence-electron chi connectivity index (χ2n) is 5.84. The van der Waals surface area contributed by atoms with E-state index in [-0.39, 0.29) is 11.6 Å². The molecule has 1 N–H and O–H groups in total. The van der Waals surface area contributed by atoms with Gasteiger partial charge in [0.15, 0.2) is 0 Å². The average Bonchev–Trinajstić information content (AvgIpc) is 2.46. The third kappa shape index (κ3) is 3.39. The fourth-order valence-corrected chi connectivity index (χ4v) is 3.50. The van der Waals surface area contributed by atoms with Crippen LogP contribution in [0.15, 0.2) is 18.5 Å². The van der Waals surface area contributed by atoms with E-state index >= 15 is 0 Å². The highest BCUT2D eigenvalue weighted by molar-refractivity contribution is 5.23. The van der Waals surface area contributed by atoms with E-state index < -0.39 is 0 Å². The minimum atomic E-state index is -0.0571. The summed E-state index contributed by atoms with van der Waals surface area (Å²) in [6.45, 7) is 8.11. The first-order valence-corrected chi connectivity index (χ1v) is 8.00. The smallest absolute Gasteiger partial charge is 0.0876 e. The third-order valence-electron chi connectivity index (χ3n) is 4.30. The van der Waals surface area contributed by atoms with Crippen molar-refractivity contribution in [3.8, 4) is 0 Å². The molecular formula is C17H28N2O. The van der Waals surface area contributed by atoms with Crippen molar-refractivity contribution < 1.29 is 4.74 Å². The van der Waals surface area contributed by atoms with E-state index in [0.717, 1.165) is 26.0 Å². The summed E-state index contributed by atoms with van der Waals surface area (Å²) in [5.74, 6) is 0. The molecule has 0 aliphatic heterocycles. The van der Waals surface area contributed by atoms with Gasteiger partial charge in [0.25, 0.3) is 0 Å². The minimum absolute atomic E-state index is 0.0571. The SMILES string of the molecule is CCNC(c1cncc(C)c1)C1(OCC)CCCCC1. The fraction of sp³-hybridized carbons (Fsp3) is 0.706. The highest BCUT2D eigenvalue weighted by Gasteiger charge is 2.41. The number of likely N-dealkylation sites (N-methyl/N-ethyl adjacent to an activating group) is 1. The molecule has 0 bridgehead atoms. The van der Waals surface area contributed by atoms with Gasteiger partial charge in [-0.1, -0.05) is 32.3 Å². The van der Waals surface area contributed by atoms with Crippen molar-refractivity contribution in [2.75, 3.05) is 13.2 Å². The molecule has 1 aliphatic carbocycles. The Kier molecular flexibility index (Phi) is 5.55. The Morgan fingerprint density at radius 2 is 2.00 bits per heavy atom. The summed E-state index contributed by atoms with van der Waals surface area (Å²) in [6.07, 6.45) is 10.1. The van der Waals surface area contributed by atoms with Gasteiger partial charge in [0.2, 0.25) is 0 Å². The van der Waals surface area contributed by atoms with E-state index in [2.05, 4.69) is 37.1 Å². The van der Waals surface area contributed by atoms with Crippen molar-refractivity contribution in [2.45, 2.75) is 64.5 Å². The quantitative estimate of drug-likeness (QED) is 0.858. The molecule has 0 spiro atoms. The Morgan fingerprint density at radius 1 is 1.25 bits per heavy atom. The molecule has 3 heteroatoms. The summed E-state index contributed by atoms with van der Waals surface area (Å²) < 4.78 is 6.29. The minimum Gasteiger partial charge on any atom is -0.373 e. The molecule has 0 radical (unpaired) electrons. The monoisotopic (exact) mass is 276 g/mol. The van der Waals surface area contributed by atoms with Gasteiger partial charge in [-0.2, -0.15) is 0 Å². The Labute approximate surface area is 123 Å². The number of pyridine rings is 1. The molecule has 1 heterocycles. The van der Waals surface area contributed by atoms with Crippen LogP contribution in [0.4, 0.5) is 0 Å². The van der Waals surface area contributed by atoms with E-state index in [0.29, 0.717) is 0 Å². The van der Waals surface area contributed by atoms with Gasteiger partial charge in [-0.15, -0.1) is 0 Å². The van der Waals surface area contributed by atoms with E-state index in [1.54, 1.807) is 0 Å². The van der Waals surface area contributed by atoms with Gasteiger partial charge in [0.05, 0.1) is 11.6 Å². The Balaban J connectivity index is 2.33. The Bertz CT molecular complexity index is 408. The second kappa shape index (κ2) is 7.19. The van der Waals surface area contributed by atoms with Crippen molar-refractivity contribution in [2.24, 2.45) is 0 Å². The van der Waals surface area contributed by atoms with Gasteiger partial charge >= 0.3 is 0 Å². The first-order valence-electron chi connectivity index (χ1n) is 8.00. The van der Waals surface area contributed by atoms with Gasteiger partial charge in [0.1, 0.15) is 0 Å². The lowest BCUT2D eigenvalue weighted by Gasteiger charge is -2.43. The zero-order valence-corrected chi connectivity index (χ0v) is 13.1. The van der Waals surface area contributed by atoms with Gasteiger partial charge in [-0.05, 0) is 44.4 Å². The number of aromatic nitrogens is 1. The van der Waals surface area contributed by atoms with Crippen LogP contribution in [0.1, 0.15) is 63.1 Å². The Hall–Kier alpha value is -0.930. The summed E-state index contributed by atoms with van der Waals surface area (Å²) in [6, 6.07) is 2.50. The fourth-order valence-electron chi connectivity index (χ4n) is 3.50. The van der Waals surface area contributed by atoms with Crippen molar-refractivity contribution in [3.05, 3.63) is 29.6 Å². The molecule has 1 fully saturated rings. The van der Waals surface area contributed by atoms with E-state index in [9.17, 15) is 0 Å². The van der Waals surface area contributed by atoms with Crippen molar-refractivity contribution in [3.63, 3.8) is 0 Å². The molecule has 3 nitrogen and oxygen atoms in total. The second-order valence-corrected chi connectivity index (χ2v) is 5.84. The molecule has 0 aromatic carbocycles. The summed E-state index contributed by atoms with van der Waals surface area (Å²) >= 11 is 0. The van der Waals surface area contributed by atoms with Crippen LogP contribution >= 0.6 is 0 Å². The van der Waals surface area contributed by atoms with Crippen molar-refractivity contribution in [1.82, 2.24) is 10.3 Å². The van der Waals surface area contributed by atoms with Crippen LogP contribution < -0.4 is 5.32 Å². The van der Waals surface area contributed by atoms with Crippen LogP contribution in [0.3, 0.4) is 0 Å². The highest BCUT2D eigenvalue weighted by atomic mass is 16.5. The molecule has 1 saturated carbocycles. The van der Waals surface area contributed by atoms with Crippen LogP contribution in [0.25, 0.3) is 0 Å². The van der Waals surface area contributed by atoms with Crippen LogP contribution in [0, 0.1) is 6.92 Å². The van der Waals surface area contributed by atoms with Crippen LogP contribution in [-0.2, 0) is 4.74 Å². The molecule has 1 aromatic rings. The normalized spacial score (nSPS) is 19.8. The first kappa shape index (κ1) is 15.5. The molecule has 2 rings (SSSR count). The van der Waals surface area contributed by atoms with E-state index in [1.807, 2.05) is 12.4 Å². The molecule has 0 amide bonds. The summed E-state index contributed by atoms with van der Waals surface area (Å²) in [5.41, 5.74) is 2.42. The van der Waals surface area contributed by atoms with Crippen molar-refractivity contribution >= 4 is 0 Å². The van der Waals surface area contributed by atoms with Crippen LogP contribution in [0.5, 0.6) is 0 Å². The number of aryl methyl sites for hydroxylation is 1. The largest absolute Gasteiger partial charge is 0.373 e. The lowest BCUT2D eigenvalue weighted by atomic mass is 9.76. The van der Waals surface area contributed by atoms with Gasteiger partial charge in [-0.25, -0.2) is 0 Å². The number of ether oxygens (including phenoxy) is 1. The topological polar surface area (TPSA) is 34.2 Å². The zero-order chi connectivity index (χ0) is 14.4. The predicted molar refractivity (Wildman–Crippen MR) is 82.8 cm³/mol. The van der Waals surface area contributed by atoms with Gasteiger partial charge in [-0.3, -0.25) is 4.98 Å². The molecule has 1 unspecified atom stereocenters. The molecule has 1 aromatic heterocycles. The lowest BCUT2D eigenvalue weighted by molar-refractivity contribution is -0.0910. The third-order valence-corrected chi connectivity index (χ3v) is 4.30. The maximum absolute atomic E-state index is 6.29. The number of nitrogens with zero attached hydrogens (tertiary/aromatic N) is 1. The maximum Gasteiger partial charge on any atom is 0.0876 e. The van der Waals surface area contributed by atoms with Crippen molar-refractivity contribution in [1.29, 1.82) is 0 Å². The molecule has 20 heavy (non-hydrogen) atoms. The number of rotatable bonds is 6. The highest BCUT2D eigenvalue weighted by Crippen LogP contribution is 2.41. The first-order chi connectivity index (χ1) is 9.72. The summed E-state index contributed by atoms with van der Waals surface area (Å²) in [7, 11) is 0. The maximum atomic E-state index is 6.29. The average molecular weight is 276 g/mol. The van der Waals surface area contributed by atoms with E-state index in [1.165, 1.54) is 30.4 Å². The molecule has 1 atom stereocenters. The standard InChI is InChI=1S/C17H28N2O/c1-4-19-16(15-11-14(3)12-18-13-15)17(20-5-2)9-7-6-8-10-17/h11-13,16,19H,4-10H2,1-3H3. The summed E-state index contributed by atoms with van der Waals surface area (Å²) in [5, 5.41) is 3.66. The summed E-state index contributed by atoms with van der Waals surface area (Å²) in [4.78, 5) is 4.38. The molecule has 112 valence electrons. The number of nitrogens with one attached hydrogen (secondary N) is 1.